The van der Waals surface area contributed by atoms with Gasteiger partial charge in [-0.3, -0.25) is 0 Å². The largest absolute Gasteiger partial charge is 0.380 e. The minimum Gasteiger partial charge on any atom is -0.380 e. The first-order valence-corrected chi connectivity index (χ1v) is 5.69. The quantitative estimate of drug-likeness (QED) is 0.746. The molecule has 0 amide bonds. The van der Waals surface area contributed by atoms with Crippen LogP contribution in [0.1, 0.15) is 18.1 Å². The van der Waals surface area contributed by atoms with E-state index in [1.165, 1.54) is 16.7 Å². The Labute approximate surface area is 93.9 Å². The molecule has 0 bridgehead atoms. The number of ether oxygens (including phenoxy) is 1. The fourth-order valence-electron chi connectivity index (χ4n) is 1.26. The smallest absolute Gasteiger partial charge is 0.0713 e. The standard InChI is InChI=1S/C12H15BrO/c1-10(8-13)6-11-4-3-5-12(7-11)9-14-2/h3-7H,8-9H2,1-2H3. The molecule has 0 aromatic heterocycles. The van der Waals surface area contributed by atoms with Gasteiger partial charge in [0, 0.05) is 12.4 Å². The Hall–Kier alpha value is -0.600. The molecule has 0 saturated heterocycles. The lowest BCUT2D eigenvalue weighted by Gasteiger charge is -2.01. The second-order valence-electron chi connectivity index (χ2n) is 3.30. The van der Waals surface area contributed by atoms with Gasteiger partial charge < -0.3 is 4.74 Å². The van der Waals surface area contributed by atoms with Crippen molar-refractivity contribution in [3.05, 3.63) is 41.0 Å². The van der Waals surface area contributed by atoms with Crippen molar-refractivity contribution in [2.75, 3.05) is 12.4 Å². The van der Waals surface area contributed by atoms with Gasteiger partial charge in [-0.05, 0) is 24.1 Å². The molecule has 0 radical (unpaired) electrons. The summed E-state index contributed by atoms with van der Waals surface area (Å²) in [5.41, 5.74) is 3.76. The first-order valence-electron chi connectivity index (χ1n) is 4.57. The molecule has 76 valence electrons. The van der Waals surface area contributed by atoms with E-state index in [0.29, 0.717) is 6.61 Å². The average Bonchev–Trinajstić information content (AvgIpc) is 2.19. The number of methoxy groups -OCH3 is 1. The number of halogens is 1. The molecule has 14 heavy (non-hydrogen) atoms. The molecule has 2 heteroatoms. The highest BCUT2D eigenvalue weighted by atomic mass is 79.9. The molecule has 0 fully saturated rings. The molecule has 0 heterocycles. The van der Waals surface area contributed by atoms with Crippen LogP contribution in [0.4, 0.5) is 0 Å². The van der Waals surface area contributed by atoms with Gasteiger partial charge in [-0.2, -0.15) is 0 Å². The fraction of sp³-hybridized carbons (Fsp3) is 0.333. The van der Waals surface area contributed by atoms with Gasteiger partial charge in [-0.1, -0.05) is 45.8 Å². The maximum Gasteiger partial charge on any atom is 0.0713 e. The van der Waals surface area contributed by atoms with Gasteiger partial charge in [-0.15, -0.1) is 0 Å². The van der Waals surface area contributed by atoms with E-state index in [-0.39, 0.29) is 0 Å². The lowest BCUT2D eigenvalue weighted by Crippen LogP contribution is -1.87. The first kappa shape index (κ1) is 11.5. The molecule has 0 atom stereocenters. The number of benzene rings is 1. The molecule has 0 saturated carbocycles. The number of alkyl halides is 1. The summed E-state index contributed by atoms with van der Waals surface area (Å²) in [6.07, 6.45) is 2.17. The predicted molar refractivity (Wildman–Crippen MR) is 64.6 cm³/mol. The van der Waals surface area contributed by atoms with Crippen molar-refractivity contribution in [1.82, 2.24) is 0 Å². The summed E-state index contributed by atoms with van der Waals surface area (Å²) in [5.74, 6) is 0. The molecule has 1 nitrogen and oxygen atoms in total. The number of hydrogen-bond acceptors (Lipinski definition) is 1. The van der Waals surface area contributed by atoms with E-state index in [9.17, 15) is 0 Å². The molecular weight excluding hydrogens is 240 g/mol. The average molecular weight is 255 g/mol. The van der Waals surface area contributed by atoms with Gasteiger partial charge in [0.25, 0.3) is 0 Å². The van der Waals surface area contributed by atoms with Crippen molar-refractivity contribution < 1.29 is 4.74 Å². The Balaban J connectivity index is 2.83. The van der Waals surface area contributed by atoms with Crippen LogP contribution in [0, 0.1) is 0 Å². The topological polar surface area (TPSA) is 9.23 Å². The van der Waals surface area contributed by atoms with Gasteiger partial charge in [0.15, 0.2) is 0 Å². The summed E-state index contributed by atoms with van der Waals surface area (Å²) >= 11 is 3.43. The van der Waals surface area contributed by atoms with Crippen LogP contribution in [0.25, 0.3) is 6.08 Å². The monoisotopic (exact) mass is 254 g/mol. The van der Waals surface area contributed by atoms with Crippen LogP contribution in [0.3, 0.4) is 0 Å². The van der Waals surface area contributed by atoms with Crippen LogP contribution in [0.2, 0.25) is 0 Å². The molecule has 1 rings (SSSR count). The lowest BCUT2D eigenvalue weighted by atomic mass is 10.1. The molecular formula is C12H15BrO. The molecule has 0 unspecified atom stereocenters. The molecule has 1 aromatic carbocycles. The summed E-state index contributed by atoms with van der Waals surface area (Å²) in [6.45, 7) is 2.78. The lowest BCUT2D eigenvalue weighted by molar-refractivity contribution is 0.185. The zero-order valence-electron chi connectivity index (χ0n) is 8.59. The van der Waals surface area contributed by atoms with Crippen molar-refractivity contribution in [2.24, 2.45) is 0 Å². The van der Waals surface area contributed by atoms with Gasteiger partial charge in [0.05, 0.1) is 6.61 Å². The molecule has 0 spiro atoms. The van der Waals surface area contributed by atoms with E-state index in [4.69, 9.17) is 4.74 Å². The second kappa shape index (κ2) is 5.99. The minimum absolute atomic E-state index is 0.676. The van der Waals surface area contributed by atoms with E-state index in [1.54, 1.807) is 7.11 Å². The number of hydrogen-bond donors (Lipinski definition) is 0. The molecule has 0 N–H and O–H groups in total. The van der Waals surface area contributed by atoms with Crippen molar-refractivity contribution in [3.8, 4) is 0 Å². The maximum absolute atomic E-state index is 5.08. The number of rotatable bonds is 4. The summed E-state index contributed by atoms with van der Waals surface area (Å²) in [5, 5.41) is 0.918. The Morgan fingerprint density at radius 1 is 1.50 bits per heavy atom. The molecule has 0 aliphatic rings. The SMILES string of the molecule is COCc1cccc(C=C(C)CBr)c1. The van der Waals surface area contributed by atoms with Crippen molar-refractivity contribution in [2.45, 2.75) is 13.5 Å². The van der Waals surface area contributed by atoms with E-state index < -0.39 is 0 Å². The third kappa shape index (κ3) is 3.64. The van der Waals surface area contributed by atoms with Crippen molar-refractivity contribution in [3.63, 3.8) is 0 Å². The molecule has 0 aliphatic heterocycles. The summed E-state index contributed by atoms with van der Waals surface area (Å²) < 4.78 is 5.08. The Bertz CT molecular complexity index is 318. The van der Waals surface area contributed by atoms with Gasteiger partial charge in [-0.25, -0.2) is 0 Å². The van der Waals surface area contributed by atoms with E-state index in [1.807, 2.05) is 0 Å². The van der Waals surface area contributed by atoms with Gasteiger partial charge in [0.1, 0.15) is 0 Å². The van der Waals surface area contributed by atoms with Crippen LogP contribution in [-0.2, 0) is 11.3 Å². The van der Waals surface area contributed by atoms with Crippen LogP contribution in [-0.4, -0.2) is 12.4 Å². The first-order chi connectivity index (χ1) is 6.76. The van der Waals surface area contributed by atoms with Crippen molar-refractivity contribution in [1.29, 1.82) is 0 Å². The predicted octanol–water partition coefficient (Wildman–Crippen LogP) is 3.63. The third-order valence-electron chi connectivity index (χ3n) is 1.89. The van der Waals surface area contributed by atoms with Crippen LogP contribution in [0.15, 0.2) is 29.8 Å². The summed E-state index contributed by atoms with van der Waals surface area (Å²) in [4.78, 5) is 0. The zero-order valence-corrected chi connectivity index (χ0v) is 10.2. The second-order valence-corrected chi connectivity index (χ2v) is 3.86. The Morgan fingerprint density at radius 3 is 2.93 bits per heavy atom. The molecule has 1 aromatic rings. The Kier molecular flexibility index (Phi) is 4.91. The van der Waals surface area contributed by atoms with E-state index in [0.717, 1.165) is 5.33 Å². The van der Waals surface area contributed by atoms with Crippen LogP contribution >= 0.6 is 15.9 Å². The van der Waals surface area contributed by atoms with E-state index in [2.05, 4.69) is 53.2 Å². The van der Waals surface area contributed by atoms with Gasteiger partial charge >= 0.3 is 0 Å². The van der Waals surface area contributed by atoms with E-state index >= 15 is 0 Å². The fourth-order valence-corrected chi connectivity index (χ4v) is 1.42. The Morgan fingerprint density at radius 2 is 2.29 bits per heavy atom. The highest BCUT2D eigenvalue weighted by Crippen LogP contribution is 2.11. The summed E-state index contributed by atoms with van der Waals surface area (Å²) in [7, 11) is 1.71. The van der Waals surface area contributed by atoms with Crippen molar-refractivity contribution >= 4 is 22.0 Å². The normalized spacial score (nSPS) is 11.8. The highest BCUT2D eigenvalue weighted by Gasteiger charge is 1.93. The molecule has 0 aliphatic carbocycles. The van der Waals surface area contributed by atoms with Gasteiger partial charge in [0.2, 0.25) is 0 Å². The summed E-state index contributed by atoms with van der Waals surface area (Å²) in [6, 6.07) is 8.38. The zero-order chi connectivity index (χ0) is 10.4. The van der Waals surface area contributed by atoms with Crippen LogP contribution in [0.5, 0.6) is 0 Å². The number of allylic oxidation sites excluding steroid dienone is 1. The third-order valence-corrected chi connectivity index (χ3v) is 2.77. The van der Waals surface area contributed by atoms with Crippen LogP contribution < -0.4 is 0 Å². The minimum atomic E-state index is 0.676. The highest BCUT2D eigenvalue weighted by molar-refractivity contribution is 9.09. The maximum atomic E-state index is 5.08.